The van der Waals surface area contributed by atoms with E-state index in [1.807, 2.05) is 0 Å². The summed E-state index contributed by atoms with van der Waals surface area (Å²) in [6.45, 7) is 6.64. The fraction of sp³-hybridized carbons (Fsp3) is 0.636. The number of nitrogens with zero attached hydrogens (tertiary/aromatic N) is 1. The molecule has 0 bridgehead atoms. The van der Waals surface area contributed by atoms with Crippen LogP contribution in [0.15, 0.2) is 4.34 Å². The van der Waals surface area contributed by atoms with Gasteiger partial charge in [-0.05, 0) is 27.7 Å². The smallest absolute Gasteiger partial charge is 0.347 e. The fourth-order valence-corrected chi connectivity index (χ4v) is 4.75. The van der Waals surface area contributed by atoms with Gasteiger partial charge >= 0.3 is 5.97 Å². The van der Waals surface area contributed by atoms with Crippen LogP contribution in [0.1, 0.15) is 36.1 Å². The summed E-state index contributed by atoms with van der Waals surface area (Å²) in [5, 5.41) is 8.91. The number of carboxylic acids is 1. The van der Waals surface area contributed by atoms with E-state index < -0.39 is 20.6 Å². The van der Waals surface area contributed by atoms with Crippen molar-refractivity contribution in [3.8, 4) is 0 Å². The number of hydrogen-bond donors (Lipinski definition) is 1. The maximum atomic E-state index is 11.9. The summed E-state index contributed by atoms with van der Waals surface area (Å²) in [5.74, 6) is -0.558. The lowest BCUT2D eigenvalue weighted by Gasteiger charge is -2.18. The highest BCUT2D eigenvalue weighted by molar-refractivity contribution is 8.02. The quantitative estimate of drug-likeness (QED) is 0.838. The van der Waals surface area contributed by atoms with E-state index in [2.05, 4.69) is 4.98 Å². The van der Waals surface area contributed by atoms with Crippen LogP contribution < -0.4 is 0 Å². The van der Waals surface area contributed by atoms with Gasteiger partial charge in [-0.2, -0.15) is 0 Å². The molecule has 0 radical (unpaired) electrons. The zero-order valence-corrected chi connectivity index (χ0v) is 13.7. The van der Waals surface area contributed by atoms with Crippen LogP contribution in [0.3, 0.4) is 0 Å². The number of aromatic carboxylic acids is 1. The van der Waals surface area contributed by atoms with Gasteiger partial charge in [-0.3, -0.25) is 0 Å². The Morgan fingerprint density at radius 3 is 2.42 bits per heavy atom. The van der Waals surface area contributed by atoms with E-state index in [0.29, 0.717) is 15.8 Å². The summed E-state index contributed by atoms with van der Waals surface area (Å²) in [7, 11) is -3.15. The van der Waals surface area contributed by atoms with E-state index in [1.165, 1.54) is 11.8 Å². The minimum Gasteiger partial charge on any atom is -0.477 e. The van der Waals surface area contributed by atoms with Gasteiger partial charge in [0.1, 0.15) is 4.88 Å². The first-order chi connectivity index (χ1) is 8.54. The first-order valence-electron chi connectivity index (χ1n) is 5.60. The van der Waals surface area contributed by atoms with Gasteiger partial charge in [-0.15, -0.1) is 11.3 Å². The van der Waals surface area contributed by atoms with Crippen molar-refractivity contribution in [1.29, 1.82) is 0 Å². The third-order valence-electron chi connectivity index (χ3n) is 2.48. The molecule has 0 atom stereocenters. The predicted molar refractivity (Wildman–Crippen MR) is 78.1 cm³/mol. The van der Waals surface area contributed by atoms with Gasteiger partial charge in [0.05, 0.1) is 16.2 Å². The highest BCUT2D eigenvalue weighted by Crippen LogP contribution is 2.28. The Morgan fingerprint density at radius 1 is 1.42 bits per heavy atom. The molecule has 1 rings (SSSR count). The first kappa shape index (κ1) is 16.5. The summed E-state index contributed by atoms with van der Waals surface area (Å²) in [6, 6.07) is 0. The van der Waals surface area contributed by atoms with Gasteiger partial charge in [-0.25, -0.2) is 18.2 Å². The molecule has 0 amide bonds. The summed E-state index contributed by atoms with van der Waals surface area (Å²) < 4.78 is 23.6. The monoisotopic (exact) mass is 323 g/mol. The molecule has 0 aliphatic carbocycles. The van der Waals surface area contributed by atoms with Crippen molar-refractivity contribution in [2.75, 3.05) is 11.5 Å². The molecule has 0 aliphatic rings. The molecule has 0 spiro atoms. The lowest BCUT2D eigenvalue weighted by Crippen LogP contribution is -2.31. The molecule has 0 aromatic carbocycles. The molecule has 5 nitrogen and oxygen atoms in total. The highest BCUT2D eigenvalue weighted by atomic mass is 32.2. The van der Waals surface area contributed by atoms with Crippen LogP contribution in [-0.4, -0.2) is 40.7 Å². The molecule has 8 heteroatoms. The second-order valence-electron chi connectivity index (χ2n) is 4.98. The Bertz CT molecular complexity index is 569. The van der Waals surface area contributed by atoms with E-state index in [1.54, 1.807) is 27.7 Å². The maximum Gasteiger partial charge on any atom is 0.347 e. The van der Waals surface area contributed by atoms with Crippen molar-refractivity contribution in [3.63, 3.8) is 0 Å². The SMILES string of the molecule is Cc1nc(SCCS(=O)(=O)C(C)(C)C)sc1C(=O)O. The minimum atomic E-state index is -3.15. The van der Waals surface area contributed by atoms with E-state index in [-0.39, 0.29) is 10.6 Å². The molecule has 1 aromatic heterocycles. The largest absolute Gasteiger partial charge is 0.477 e. The van der Waals surface area contributed by atoms with Crippen molar-refractivity contribution < 1.29 is 18.3 Å². The van der Waals surface area contributed by atoms with Gasteiger partial charge in [0.15, 0.2) is 14.2 Å². The van der Waals surface area contributed by atoms with E-state index in [0.717, 1.165) is 11.3 Å². The van der Waals surface area contributed by atoms with Crippen LogP contribution in [0.25, 0.3) is 0 Å². The summed E-state index contributed by atoms with van der Waals surface area (Å²) in [4.78, 5) is 15.2. The van der Waals surface area contributed by atoms with Crippen LogP contribution in [0, 0.1) is 6.92 Å². The van der Waals surface area contributed by atoms with Gasteiger partial charge < -0.3 is 5.11 Å². The van der Waals surface area contributed by atoms with Crippen LogP contribution in [-0.2, 0) is 9.84 Å². The number of aromatic nitrogens is 1. The van der Waals surface area contributed by atoms with E-state index >= 15 is 0 Å². The van der Waals surface area contributed by atoms with Gasteiger partial charge in [0.25, 0.3) is 0 Å². The molecule has 0 saturated carbocycles. The van der Waals surface area contributed by atoms with Gasteiger partial charge in [-0.1, -0.05) is 11.8 Å². The number of rotatable bonds is 5. The predicted octanol–water partition coefficient (Wildman–Crippen LogP) is 2.46. The molecule has 1 heterocycles. The highest BCUT2D eigenvalue weighted by Gasteiger charge is 2.28. The van der Waals surface area contributed by atoms with Crippen LogP contribution >= 0.6 is 23.1 Å². The normalized spacial score (nSPS) is 12.6. The molecule has 0 aliphatic heterocycles. The zero-order valence-electron chi connectivity index (χ0n) is 11.3. The molecule has 0 fully saturated rings. The van der Waals surface area contributed by atoms with Crippen molar-refractivity contribution in [2.45, 2.75) is 36.8 Å². The first-order valence-corrected chi connectivity index (χ1v) is 9.06. The summed E-state index contributed by atoms with van der Waals surface area (Å²) in [5.41, 5.74) is 0.471. The minimum absolute atomic E-state index is 0.0577. The number of carbonyl (C=O) groups is 1. The number of carboxylic acid groups (broad SMARTS) is 1. The Kier molecular flexibility index (Phi) is 5.02. The molecular formula is C11H17NO4S3. The van der Waals surface area contributed by atoms with Crippen molar-refractivity contribution >= 4 is 38.9 Å². The molecular weight excluding hydrogens is 306 g/mol. The summed E-state index contributed by atoms with van der Waals surface area (Å²) >= 11 is 2.36. The Hall–Kier alpha value is -0.600. The second-order valence-corrected chi connectivity index (χ2v) is 10.2. The number of sulfone groups is 1. The molecule has 0 unspecified atom stereocenters. The lowest BCUT2D eigenvalue weighted by molar-refractivity contribution is 0.0701. The molecule has 1 aromatic rings. The van der Waals surface area contributed by atoms with Crippen LogP contribution in [0.5, 0.6) is 0 Å². The fourth-order valence-electron chi connectivity index (χ4n) is 1.18. The zero-order chi connectivity index (χ0) is 14.8. The Morgan fingerprint density at radius 2 is 2.00 bits per heavy atom. The number of aryl methyl sites for hydroxylation is 1. The average molecular weight is 323 g/mol. The van der Waals surface area contributed by atoms with Crippen LogP contribution in [0.4, 0.5) is 0 Å². The van der Waals surface area contributed by atoms with Crippen molar-refractivity contribution in [3.05, 3.63) is 10.6 Å². The number of thioether (sulfide) groups is 1. The van der Waals surface area contributed by atoms with Gasteiger partial charge in [0.2, 0.25) is 0 Å². The third kappa shape index (κ3) is 4.19. The van der Waals surface area contributed by atoms with E-state index in [4.69, 9.17) is 5.11 Å². The second kappa shape index (κ2) is 5.80. The topological polar surface area (TPSA) is 84.3 Å². The van der Waals surface area contributed by atoms with E-state index in [9.17, 15) is 13.2 Å². The summed E-state index contributed by atoms with van der Waals surface area (Å²) in [6.07, 6.45) is 0. The van der Waals surface area contributed by atoms with Crippen LogP contribution in [0.2, 0.25) is 0 Å². The number of thiazole rings is 1. The number of hydrogen-bond acceptors (Lipinski definition) is 6. The van der Waals surface area contributed by atoms with Crippen molar-refractivity contribution in [1.82, 2.24) is 4.98 Å². The molecule has 108 valence electrons. The average Bonchev–Trinajstić information content (AvgIpc) is 2.57. The standard InChI is InChI=1S/C11H17NO4S3/c1-7-8(9(13)14)18-10(12-7)17-5-6-19(15,16)11(2,3)4/h5-6H2,1-4H3,(H,13,14). The molecule has 1 N–H and O–H groups in total. The third-order valence-corrected chi connectivity index (χ3v) is 7.64. The van der Waals surface area contributed by atoms with Gasteiger partial charge in [0, 0.05) is 5.75 Å². The molecule has 0 saturated heterocycles. The molecule has 19 heavy (non-hydrogen) atoms. The Labute approximate surface area is 121 Å². The maximum absolute atomic E-state index is 11.9. The lowest BCUT2D eigenvalue weighted by atomic mass is 10.3. The van der Waals surface area contributed by atoms with Crippen molar-refractivity contribution in [2.24, 2.45) is 0 Å². The Balaban J connectivity index is 2.65.